The van der Waals surface area contributed by atoms with E-state index in [4.69, 9.17) is 5.73 Å². The molecule has 0 saturated heterocycles. The molecule has 1 aliphatic rings. The maximum atomic E-state index is 13.1. The minimum Gasteiger partial charge on any atom is -0.324 e. The second kappa shape index (κ2) is 4.19. The minimum atomic E-state index is -0.639. The van der Waals surface area contributed by atoms with Gasteiger partial charge in [-0.2, -0.15) is 0 Å². The highest BCUT2D eigenvalue weighted by Crippen LogP contribution is 2.40. The molecule has 0 radical (unpaired) electrons. The lowest BCUT2D eigenvalue weighted by Gasteiger charge is -2.11. The van der Waals surface area contributed by atoms with Gasteiger partial charge in [0, 0.05) is 11.6 Å². The molecule has 1 fully saturated rings. The van der Waals surface area contributed by atoms with Gasteiger partial charge in [-0.1, -0.05) is 0 Å². The van der Waals surface area contributed by atoms with Crippen LogP contribution in [-0.2, 0) is 0 Å². The molecule has 0 aromatic carbocycles. The first kappa shape index (κ1) is 11.3. The summed E-state index contributed by atoms with van der Waals surface area (Å²) in [5.74, 6) is -1.04. The molecule has 2 rings (SSSR count). The van der Waals surface area contributed by atoms with E-state index in [0.717, 1.165) is 25.2 Å². The first-order valence-corrected chi connectivity index (χ1v) is 4.24. The summed E-state index contributed by atoms with van der Waals surface area (Å²) in [5.41, 5.74) is 5.68. The number of nitrogens with two attached hydrogens (primary N) is 1. The summed E-state index contributed by atoms with van der Waals surface area (Å²) in [6, 6.07) is -0.511. The fourth-order valence-electron chi connectivity index (χ4n) is 1.43. The van der Waals surface area contributed by atoms with E-state index in [0.29, 0.717) is 0 Å². The van der Waals surface area contributed by atoms with Crippen LogP contribution >= 0.6 is 12.4 Å². The lowest BCUT2D eigenvalue weighted by atomic mass is 10.0. The fourth-order valence-corrected chi connectivity index (χ4v) is 1.43. The molecule has 1 saturated carbocycles. The number of pyridine rings is 1. The number of hydrogen-bond acceptors (Lipinski definition) is 2. The van der Waals surface area contributed by atoms with Crippen molar-refractivity contribution in [3.05, 3.63) is 29.6 Å². The van der Waals surface area contributed by atoms with Crippen molar-refractivity contribution in [2.75, 3.05) is 0 Å². The molecule has 2 N–H and O–H groups in total. The smallest absolute Gasteiger partial charge is 0.149 e. The van der Waals surface area contributed by atoms with Gasteiger partial charge >= 0.3 is 0 Å². The van der Waals surface area contributed by atoms with Crippen molar-refractivity contribution in [2.24, 2.45) is 11.7 Å². The SMILES string of the molecule is Cl.NC(c1c(F)cncc1F)C1CC1. The molecule has 78 valence electrons. The molecule has 2 nitrogen and oxygen atoms in total. The molecule has 0 amide bonds. The Balaban J connectivity index is 0.000000980. The topological polar surface area (TPSA) is 38.9 Å². The van der Waals surface area contributed by atoms with E-state index in [1.165, 1.54) is 0 Å². The average Bonchev–Trinajstić information content (AvgIpc) is 2.85. The van der Waals surface area contributed by atoms with Crippen LogP contribution in [0.3, 0.4) is 0 Å². The van der Waals surface area contributed by atoms with E-state index >= 15 is 0 Å². The second-order valence-electron chi connectivity index (χ2n) is 3.38. The number of halogens is 3. The molecule has 1 unspecified atom stereocenters. The highest BCUT2D eigenvalue weighted by molar-refractivity contribution is 5.85. The monoisotopic (exact) mass is 220 g/mol. The predicted octanol–water partition coefficient (Wildman–Crippen LogP) is 2.19. The molecule has 5 heteroatoms. The van der Waals surface area contributed by atoms with Crippen molar-refractivity contribution in [3.63, 3.8) is 0 Å². The van der Waals surface area contributed by atoms with Crippen molar-refractivity contribution in [3.8, 4) is 0 Å². The summed E-state index contributed by atoms with van der Waals surface area (Å²) in [5, 5.41) is 0. The van der Waals surface area contributed by atoms with Crippen LogP contribution in [0.25, 0.3) is 0 Å². The van der Waals surface area contributed by atoms with E-state index in [1.54, 1.807) is 0 Å². The Morgan fingerprint density at radius 1 is 1.29 bits per heavy atom. The molecule has 1 aromatic heterocycles. The predicted molar refractivity (Wildman–Crippen MR) is 51.1 cm³/mol. The summed E-state index contributed by atoms with van der Waals surface area (Å²) >= 11 is 0. The largest absolute Gasteiger partial charge is 0.324 e. The van der Waals surface area contributed by atoms with Gasteiger partial charge in [0.05, 0.1) is 12.4 Å². The van der Waals surface area contributed by atoms with Crippen molar-refractivity contribution < 1.29 is 8.78 Å². The van der Waals surface area contributed by atoms with Gasteiger partial charge in [-0.15, -0.1) is 12.4 Å². The normalized spacial score (nSPS) is 17.4. The van der Waals surface area contributed by atoms with Gasteiger partial charge < -0.3 is 5.73 Å². The van der Waals surface area contributed by atoms with Crippen LogP contribution in [0, 0.1) is 17.6 Å². The molecule has 1 atom stereocenters. The summed E-state index contributed by atoms with van der Waals surface area (Å²) in [7, 11) is 0. The number of hydrogen-bond donors (Lipinski definition) is 1. The minimum absolute atomic E-state index is 0. The van der Waals surface area contributed by atoms with Gasteiger partial charge in [0.2, 0.25) is 0 Å². The Labute approximate surface area is 86.9 Å². The third-order valence-electron chi connectivity index (χ3n) is 2.35. The zero-order chi connectivity index (χ0) is 9.42. The summed E-state index contributed by atoms with van der Waals surface area (Å²) < 4.78 is 26.2. The Bertz CT molecular complexity index is 308. The standard InChI is InChI=1S/C9H10F2N2.ClH/c10-6-3-13-4-7(11)8(6)9(12)5-1-2-5;/h3-5,9H,1-2,12H2;1H. The van der Waals surface area contributed by atoms with E-state index < -0.39 is 17.7 Å². The van der Waals surface area contributed by atoms with Gasteiger partial charge in [-0.05, 0) is 18.8 Å². The average molecular weight is 221 g/mol. The molecule has 0 aliphatic heterocycles. The lowest BCUT2D eigenvalue weighted by Crippen LogP contribution is -2.16. The number of aromatic nitrogens is 1. The quantitative estimate of drug-likeness (QED) is 0.830. The number of rotatable bonds is 2. The highest BCUT2D eigenvalue weighted by Gasteiger charge is 2.32. The Morgan fingerprint density at radius 2 is 1.79 bits per heavy atom. The zero-order valence-corrected chi connectivity index (χ0v) is 8.23. The maximum Gasteiger partial charge on any atom is 0.149 e. The van der Waals surface area contributed by atoms with Crippen LogP contribution in [-0.4, -0.2) is 4.98 Å². The Morgan fingerprint density at radius 3 is 2.21 bits per heavy atom. The van der Waals surface area contributed by atoms with Crippen molar-refractivity contribution >= 4 is 12.4 Å². The first-order chi connectivity index (χ1) is 6.20. The maximum absolute atomic E-state index is 13.1. The lowest BCUT2D eigenvalue weighted by molar-refractivity contribution is 0.497. The van der Waals surface area contributed by atoms with Crippen LogP contribution in [0.1, 0.15) is 24.4 Å². The first-order valence-electron chi connectivity index (χ1n) is 4.24. The summed E-state index contributed by atoms with van der Waals surface area (Å²) in [6.45, 7) is 0. The van der Waals surface area contributed by atoms with Gasteiger partial charge in [0.25, 0.3) is 0 Å². The van der Waals surface area contributed by atoms with Gasteiger partial charge in [-0.3, -0.25) is 4.98 Å². The Hall–Kier alpha value is -0.740. The van der Waals surface area contributed by atoms with E-state index in [9.17, 15) is 8.78 Å². The van der Waals surface area contributed by atoms with Crippen LogP contribution in [0.4, 0.5) is 8.78 Å². The van der Waals surface area contributed by atoms with Crippen LogP contribution in [0.15, 0.2) is 12.4 Å². The molecule has 0 bridgehead atoms. The van der Waals surface area contributed by atoms with Crippen molar-refractivity contribution in [1.29, 1.82) is 0 Å². The third kappa shape index (κ3) is 2.01. The van der Waals surface area contributed by atoms with Crippen molar-refractivity contribution in [1.82, 2.24) is 4.98 Å². The Kier molecular flexibility index (Phi) is 3.39. The summed E-state index contributed by atoms with van der Waals surface area (Å²) in [6.07, 6.45) is 3.92. The fraction of sp³-hybridized carbons (Fsp3) is 0.444. The molecule has 1 heterocycles. The van der Waals surface area contributed by atoms with Gasteiger partial charge in [-0.25, -0.2) is 8.78 Å². The third-order valence-corrected chi connectivity index (χ3v) is 2.35. The van der Waals surface area contributed by atoms with E-state index in [-0.39, 0.29) is 23.9 Å². The summed E-state index contributed by atoms with van der Waals surface area (Å²) in [4.78, 5) is 3.40. The van der Waals surface area contributed by atoms with Gasteiger partial charge in [0.1, 0.15) is 11.6 Å². The van der Waals surface area contributed by atoms with Crippen LogP contribution in [0.5, 0.6) is 0 Å². The highest BCUT2D eigenvalue weighted by atomic mass is 35.5. The zero-order valence-electron chi connectivity index (χ0n) is 7.41. The molecular formula is C9H11ClF2N2. The molecule has 1 aliphatic carbocycles. The molecular weight excluding hydrogens is 210 g/mol. The van der Waals surface area contributed by atoms with Crippen LogP contribution < -0.4 is 5.73 Å². The molecule has 14 heavy (non-hydrogen) atoms. The molecule has 0 spiro atoms. The van der Waals surface area contributed by atoms with E-state index in [1.807, 2.05) is 0 Å². The van der Waals surface area contributed by atoms with Gasteiger partial charge in [0.15, 0.2) is 0 Å². The second-order valence-corrected chi connectivity index (χ2v) is 3.38. The van der Waals surface area contributed by atoms with Crippen molar-refractivity contribution in [2.45, 2.75) is 18.9 Å². The molecule has 1 aromatic rings. The number of nitrogens with zero attached hydrogens (tertiary/aromatic N) is 1. The van der Waals surface area contributed by atoms with E-state index in [2.05, 4.69) is 4.98 Å². The van der Waals surface area contributed by atoms with Crippen LogP contribution in [0.2, 0.25) is 0 Å².